The molecule has 0 aliphatic carbocycles. The molecule has 12 nitrogen and oxygen atoms in total. The minimum absolute atomic E-state index is 0.00585. The smallest absolute Gasteiger partial charge is 0.407 e. The van der Waals surface area contributed by atoms with Gasteiger partial charge in [0.2, 0.25) is 6.41 Å². The van der Waals surface area contributed by atoms with Gasteiger partial charge in [0.25, 0.3) is 0 Å². The molecule has 6 atom stereocenters. The molecule has 0 bridgehead atoms. The standard InChI is InChI=1S/C30H41N3O9S/c1-40-25-6-7-29(43(38)39)26(13-25)27-16-33(19-35)15-22(27)14-31-10-8-23(12-20-2-4-24(36)5-3-20)32-30(37)42-28-18-41-17-21(28)9-11-34/h2-7,13,19,21-23,27-28,31,34,36H,8-12,14-18H2,1H3,(H,32,37)(H,38,39). The number of methoxy groups -OCH3 is 1. The number of phenolic OH excluding ortho intramolecular Hbond substituents is 1. The number of nitrogens with zero attached hydrogens (tertiary/aromatic N) is 1. The maximum atomic E-state index is 12.8. The van der Waals surface area contributed by atoms with Gasteiger partial charge >= 0.3 is 6.09 Å². The molecule has 43 heavy (non-hydrogen) atoms. The van der Waals surface area contributed by atoms with E-state index in [-0.39, 0.29) is 36.2 Å². The maximum Gasteiger partial charge on any atom is 0.407 e. The number of amides is 2. The molecule has 2 amide bonds. The molecule has 0 radical (unpaired) electrons. The van der Waals surface area contributed by atoms with Crippen LogP contribution in [0.3, 0.4) is 0 Å². The average Bonchev–Trinajstić information content (AvgIpc) is 3.62. The van der Waals surface area contributed by atoms with E-state index < -0.39 is 23.3 Å². The lowest BCUT2D eigenvalue weighted by atomic mass is 9.88. The molecule has 4 rings (SSSR count). The summed E-state index contributed by atoms with van der Waals surface area (Å²) < 4.78 is 38.4. The van der Waals surface area contributed by atoms with Gasteiger partial charge in [0, 0.05) is 44.1 Å². The molecule has 0 aromatic heterocycles. The molecule has 2 aliphatic heterocycles. The second kappa shape index (κ2) is 16.0. The first-order valence-electron chi connectivity index (χ1n) is 14.4. The third kappa shape index (κ3) is 9.13. The Balaban J connectivity index is 1.39. The number of hydrogen-bond donors (Lipinski definition) is 5. The summed E-state index contributed by atoms with van der Waals surface area (Å²) in [5.74, 6) is 0.498. The third-order valence-electron chi connectivity index (χ3n) is 8.14. The summed E-state index contributed by atoms with van der Waals surface area (Å²) in [6, 6.07) is 11.5. The molecule has 6 unspecified atom stereocenters. The van der Waals surface area contributed by atoms with Gasteiger partial charge in [-0.25, -0.2) is 9.00 Å². The van der Waals surface area contributed by atoms with E-state index in [0.717, 1.165) is 12.0 Å². The predicted octanol–water partition coefficient (Wildman–Crippen LogP) is 1.87. The number of ether oxygens (including phenoxy) is 3. The quantitative estimate of drug-likeness (QED) is 0.113. The molecule has 2 aromatic rings. The number of phenols is 1. The van der Waals surface area contributed by atoms with Crippen molar-refractivity contribution in [2.45, 2.75) is 42.2 Å². The van der Waals surface area contributed by atoms with Crippen LogP contribution in [0.25, 0.3) is 0 Å². The highest BCUT2D eigenvalue weighted by Crippen LogP contribution is 2.36. The van der Waals surface area contributed by atoms with Crippen LogP contribution in [0.15, 0.2) is 47.4 Å². The highest BCUT2D eigenvalue weighted by molar-refractivity contribution is 7.79. The summed E-state index contributed by atoms with van der Waals surface area (Å²) in [4.78, 5) is 26.5. The van der Waals surface area contributed by atoms with Crippen molar-refractivity contribution in [2.75, 3.05) is 53.1 Å². The molecule has 2 aromatic carbocycles. The number of alkyl carbamates (subject to hydrolysis) is 1. The van der Waals surface area contributed by atoms with Crippen molar-refractivity contribution in [1.82, 2.24) is 15.5 Å². The van der Waals surface area contributed by atoms with Gasteiger partial charge in [-0.1, -0.05) is 12.1 Å². The fourth-order valence-corrected chi connectivity index (χ4v) is 6.44. The lowest BCUT2D eigenvalue weighted by molar-refractivity contribution is -0.117. The molecular formula is C30H41N3O9S. The van der Waals surface area contributed by atoms with Crippen LogP contribution in [-0.4, -0.2) is 102 Å². The lowest BCUT2D eigenvalue weighted by Gasteiger charge is -2.24. The Morgan fingerprint density at radius 2 is 1.98 bits per heavy atom. The lowest BCUT2D eigenvalue weighted by Crippen LogP contribution is -2.42. The zero-order chi connectivity index (χ0) is 30.8. The number of aromatic hydroxyl groups is 1. The zero-order valence-electron chi connectivity index (χ0n) is 24.2. The SMILES string of the molecule is COc1ccc(S(=O)O)c(C2CN(C=O)CC2CNCCC(Cc2ccc(O)cc2)NC(=O)OC2COCC2CCO)c1. The van der Waals surface area contributed by atoms with E-state index in [1.807, 2.05) is 0 Å². The van der Waals surface area contributed by atoms with Crippen molar-refractivity contribution in [3.8, 4) is 11.5 Å². The van der Waals surface area contributed by atoms with Crippen molar-refractivity contribution in [3.63, 3.8) is 0 Å². The van der Waals surface area contributed by atoms with Crippen molar-refractivity contribution in [1.29, 1.82) is 0 Å². The van der Waals surface area contributed by atoms with Crippen LogP contribution >= 0.6 is 0 Å². The Bertz CT molecular complexity index is 1230. The first-order valence-corrected chi connectivity index (χ1v) is 15.5. The predicted molar refractivity (Wildman–Crippen MR) is 158 cm³/mol. The summed E-state index contributed by atoms with van der Waals surface area (Å²) in [7, 11) is 1.54. The summed E-state index contributed by atoms with van der Waals surface area (Å²) >= 11 is -2.19. The number of benzene rings is 2. The molecule has 2 saturated heterocycles. The van der Waals surface area contributed by atoms with E-state index in [2.05, 4.69) is 10.6 Å². The number of aliphatic hydroxyl groups is 1. The number of carbonyl (C=O) groups is 2. The topological polar surface area (TPSA) is 167 Å². The normalized spacial score (nSPS) is 23.1. The Morgan fingerprint density at radius 1 is 1.19 bits per heavy atom. The molecule has 5 N–H and O–H groups in total. The summed E-state index contributed by atoms with van der Waals surface area (Å²) in [5.41, 5.74) is 1.62. The summed E-state index contributed by atoms with van der Waals surface area (Å²) in [6.07, 6.45) is 1.40. The minimum Gasteiger partial charge on any atom is -0.508 e. The molecule has 13 heteroatoms. The highest BCUT2D eigenvalue weighted by Gasteiger charge is 2.35. The second-order valence-corrected chi connectivity index (χ2v) is 12.0. The molecule has 0 saturated carbocycles. The first-order chi connectivity index (χ1) is 20.8. The van der Waals surface area contributed by atoms with Crippen LogP contribution in [-0.2, 0) is 31.8 Å². The number of likely N-dealkylation sites (tertiary alicyclic amines) is 1. The largest absolute Gasteiger partial charge is 0.508 e. The van der Waals surface area contributed by atoms with Gasteiger partial charge in [0.1, 0.15) is 17.6 Å². The Kier molecular flexibility index (Phi) is 12.2. The second-order valence-electron chi connectivity index (χ2n) is 11.0. The van der Waals surface area contributed by atoms with E-state index in [9.17, 15) is 28.6 Å². The van der Waals surface area contributed by atoms with Gasteiger partial charge in [-0.15, -0.1) is 0 Å². The fourth-order valence-electron chi connectivity index (χ4n) is 5.84. The van der Waals surface area contributed by atoms with Crippen molar-refractivity contribution < 1.29 is 42.8 Å². The van der Waals surface area contributed by atoms with E-state index in [1.165, 1.54) is 7.11 Å². The van der Waals surface area contributed by atoms with Crippen LogP contribution in [0, 0.1) is 11.8 Å². The van der Waals surface area contributed by atoms with Crippen LogP contribution < -0.4 is 15.4 Å². The van der Waals surface area contributed by atoms with Crippen molar-refractivity contribution in [2.24, 2.45) is 11.8 Å². The summed E-state index contributed by atoms with van der Waals surface area (Å²) in [5, 5.41) is 25.4. The Morgan fingerprint density at radius 3 is 2.67 bits per heavy atom. The van der Waals surface area contributed by atoms with Gasteiger partial charge in [0.15, 0.2) is 11.1 Å². The van der Waals surface area contributed by atoms with Crippen LogP contribution in [0.1, 0.15) is 29.9 Å². The Labute approximate surface area is 254 Å². The number of carbonyl (C=O) groups excluding carboxylic acids is 2. The number of hydrogen-bond acceptors (Lipinski definition) is 9. The van der Waals surface area contributed by atoms with E-state index in [0.29, 0.717) is 74.9 Å². The van der Waals surface area contributed by atoms with E-state index in [1.54, 1.807) is 47.4 Å². The third-order valence-corrected chi connectivity index (χ3v) is 8.89. The first kappa shape index (κ1) is 32.7. The number of nitrogens with one attached hydrogen (secondary N) is 2. The van der Waals surface area contributed by atoms with E-state index >= 15 is 0 Å². The van der Waals surface area contributed by atoms with Gasteiger partial charge in [0.05, 0.1) is 25.2 Å². The monoisotopic (exact) mass is 619 g/mol. The zero-order valence-corrected chi connectivity index (χ0v) is 25.0. The molecule has 0 spiro atoms. The average molecular weight is 620 g/mol. The minimum atomic E-state index is -2.19. The van der Waals surface area contributed by atoms with Gasteiger partial charge in [-0.3, -0.25) is 4.79 Å². The van der Waals surface area contributed by atoms with Crippen molar-refractivity contribution >= 4 is 23.6 Å². The summed E-state index contributed by atoms with van der Waals surface area (Å²) in [6.45, 7) is 2.73. The van der Waals surface area contributed by atoms with E-state index in [4.69, 9.17) is 14.2 Å². The highest BCUT2D eigenvalue weighted by atomic mass is 32.2. The molecule has 2 fully saturated rings. The fraction of sp³-hybridized carbons (Fsp3) is 0.533. The van der Waals surface area contributed by atoms with Crippen LogP contribution in [0.4, 0.5) is 4.79 Å². The van der Waals surface area contributed by atoms with Gasteiger partial charge < -0.3 is 44.5 Å². The Hall–Kier alpha value is -3.23. The molecule has 2 heterocycles. The van der Waals surface area contributed by atoms with Gasteiger partial charge in [-0.2, -0.15) is 0 Å². The number of rotatable bonds is 15. The molecular weight excluding hydrogens is 578 g/mol. The van der Waals surface area contributed by atoms with Crippen LogP contribution in [0.5, 0.6) is 11.5 Å². The number of aliphatic hydroxyl groups excluding tert-OH is 1. The maximum absolute atomic E-state index is 12.8. The molecule has 2 aliphatic rings. The van der Waals surface area contributed by atoms with Crippen molar-refractivity contribution in [3.05, 3.63) is 53.6 Å². The van der Waals surface area contributed by atoms with Gasteiger partial charge in [-0.05, 0) is 73.2 Å². The van der Waals surface area contributed by atoms with Crippen LogP contribution in [0.2, 0.25) is 0 Å². The molecule has 236 valence electrons.